The first-order valence-electron chi connectivity index (χ1n) is 9.30. The van der Waals surface area contributed by atoms with Crippen molar-refractivity contribution in [3.8, 4) is 0 Å². The fourth-order valence-electron chi connectivity index (χ4n) is 4.89. The third kappa shape index (κ3) is 2.97. The standard InChI is InChI=1S/C18H28N4O2/c1-20-12-15(11-19-20)13-21-9-7-18(14-21)6-4-5-16(18)17(23)22-8-2-3-10-24-22/h11-12,16H,2-10,13-14H2,1H3/t16-,18-/m1/s1. The van der Waals surface area contributed by atoms with Gasteiger partial charge in [0.2, 0.25) is 5.91 Å². The first-order valence-corrected chi connectivity index (χ1v) is 9.30. The molecule has 0 bridgehead atoms. The first-order chi connectivity index (χ1) is 11.7. The quantitative estimate of drug-likeness (QED) is 0.849. The minimum absolute atomic E-state index is 0.148. The number of carbonyl (C=O) groups is 1. The lowest BCUT2D eigenvalue weighted by atomic mass is 9.76. The van der Waals surface area contributed by atoms with Gasteiger partial charge in [0.25, 0.3) is 0 Å². The van der Waals surface area contributed by atoms with E-state index in [1.165, 1.54) is 18.4 Å². The molecule has 2 aliphatic heterocycles. The zero-order chi connectivity index (χ0) is 16.6. The summed E-state index contributed by atoms with van der Waals surface area (Å²) in [6, 6.07) is 0. The van der Waals surface area contributed by atoms with Crippen molar-refractivity contribution in [1.29, 1.82) is 0 Å². The largest absolute Gasteiger partial charge is 0.298 e. The van der Waals surface area contributed by atoms with Gasteiger partial charge in [0, 0.05) is 44.4 Å². The summed E-state index contributed by atoms with van der Waals surface area (Å²) in [6.45, 7) is 4.52. The number of aromatic nitrogens is 2. The number of nitrogens with zero attached hydrogens (tertiary/aromatic N) is 4. The lowest BCUT2D eigenvalue weighted by Crippen LogP contribution is -2.45. The van der Waals surface area contributed by atoms with Crippen LogP contribution in [-0.4, -0.2) is 51.9 Å². The van der Waals surface area contributed by atoms with E-state index in [2.05, 4.69) is 16.2 Å². The third-order valence-electron chi connectivity index (χ3n) is 6.08. The van der Waals surface area contributed by atoms with Crippen molar-refractivity contribution in [2.45, 2.75) is 45.1 Å². The Balaban J connectivity index is 1.43. The van der Waals surface area contributed by atoms with Crippen molar-refractivity contribution in [3.05, 3.63) is 18.0 Å². The highest BCUT2D eigenvalue weighted by atomic mass is 16.7. The number of rotatable bonds is 3. The SMILES string of the molecule is Cn1cc(CN2CC[C@]3(CCC[C@@H]3C(=O)N3CCCCO3)C2)cn1. The molecular formula is C18H28N4O2. The Morgan fingerprint density at radius 3 is 3.00 bits per heavy atom. The molecule has 1 aromatic rings. The molecule has 2 atom stereocenters. The number of likely N-dealkylation sites (tertiary alicyclic amines) is 1. The predicted octanol–water partition coefficient (Wildman–Crippen LogP) is 1.97. The summed E-state index contributed by atoms with van der Waals surface area (Å²) in [7, 11) is 1.96. The summed E-state index contributed by atoms with van der Waals surface area (Å²) >= 11 is 0. The van der Waals surface area contributed by atoms with Gasteiger partial charge in [0.1, 0.15) is 0 Å². The first kappa shape index (κ1) is 16.1. The lowest BCUT2D eigenvalue weighted by molar-refractivity contribution is -0.204. The highest BCUT2D eigenvalue weighted by molar-refractivity contribution is 5.79. The van der Waals surface area contributed by atoms with Crippen LogP contribution in [0.4, 0.5) is 0 Å². The number of hydroxylamine groups is 2. The van der Waals surface area contributed by atoms with Crippen molar-refractivity contribution in [3.63, 3.8) is 0 Å². The molecule has 1 spiro atoms. The van der Waals surface area contributed by atoms with Crippen LogP contribution >= 0.6 is 0 Å². The molecule has 3 heterocycles. The number of hydrogen-bond donors (Lipinski definition) is 0. The molecule has 3 aliphatic rings. The molecule has 6 nitrogen and oxygen atoms in total. The number of carbonyl (C=O) groups excluding carboxylic acids is 1. The van der Waals surface area contributed by atoms with Crippen LogP contribution in [0.5, 0.6) is 0 Å². The molecule has 0 aromatic carbocycles. The molecule has 1 aliphatic carbocycles. The number of hydrogen-bond acceptors (Lipinski definition) is 4. The van der Waals surface area contributed by atoms with E-state index in [-0.39, 0.29) is 17.2 Å². The minimum Gasteiger partial charge on any atom is -0.298 e. The van der Waals surface area contributed by atoms with Gasteiger partial charge in [-0.15, -0.1) is 0 Å². The van der Waals surface area contributed by atoms with Gasteiger partial charge in [-0.2, -0.15) is 5.10 Å². The highest BCUT2D eigenvalue weighted by Crippen LogP contribution is 2.50. The van der Waals surface area contributed by atoms with Crippen LogP contribution in [0, 0.1) is 11.3 Å². The maximum absolute atomic E-state index is 13.0. The molecule has 0 unspecified atom stereocenters. The van der Waals surface area contributed by atoms with Crippen LogP contribution in [0.2, 0.25) is 0 Å². The Bertz CT molecular complexity index is 596. The topological polar surface area (TPSA) is 50.6 Å². The normalized spacial score (nSPS) is 31.2. The molecule has 1 saturated carbocycles. The van der Waals surface area contributed by atoms with E-state index in [1.54, 1.807) is 5.06 Å². The van der Waals surface area contributed by atoms with E-state index in [4.69, 9.17) is 4.84 Å². The van der Waals surface area contributed by atoms with E-state index < -0.39 is 0 Å². The number of aryl methyl sites for hydroxylation is 1. The van der Waals surface area contributed by atoms with Gasteiger partial charge in [-0.3, -0.25) is 19.2 Å². The smallest absolute Gasteiger partial charge is 0.249 e. The maximum Gasteiger partial charge on any atom is 0.249 e. The molecule has 1 amide bonds. The lowest BCUT2D eigenvalue weighted by Gasteiger charge is -2.35. The number of amides is 1. The van der Waals surface area contributed by atoms with E-state index in [9.17, 15) is 4.79 Å². The molecule has 2 saturated heterocycles. The summed E-state index contributed by atoms with van der Waals surface area (Å²) in [4.78, 5) is 21.1. The molecule has 0 radical (unpaired) electrons. The van der Waals surface area contributed by atoms with Crippen molar-refractivity contribution < 1.29 is 9.63 Å². The van der Waals surface area contributed by atoms with Crippen molar-refractivity contribution in [1.82, 2.24) is 19.7 Å². The fourth-order valence-corrected chi connectivity index (χ4v) is 4.89. The summed E-state index contributed by atoms with van der Waals surface area (Å²) in [5.41, 5.74) is 1.43. The van der Waals surface area contributed by atoms with Gasteiger partial charge in [-0.05, 0) is 44.1 Å². The average Bonchev–Trinajstić information content (AvgIpc) is 3.30. The molecule has 0 N–H and O–H groups in total. The van der Waals surface area contributed by atoms with Crippen LogP contribution in [0.15, 0.2) is 12.4 Å². The molecule has 3 fully saturated rings. The van der Waals surface area contributed by atoms with E-state index in [0.29, 0.717) is 6.61 Å². The van der Waals surface area contributed by atoms with E-state index >= 15 is 0 Å². The van der Waals surface area contributed by atoms with Crippen LogP contribution in [0.1, 0.15) is 44.1 Å². The summed E-state index contributed by atoms with van der Waals surface area (Å²) in [5, 5.41) is 5.94. The Morgan fingerprint density at radius 2 is 2.25 bits per heavy atom. The van der Waals surface area contributed by atoms with Crippen molar-refractivity contribution >= 4 is 5.91 Å². The molecule has 4 rings (SSSR count). The zero-order valence-corrected chi connectivity index (χ0v) is 14.6. The Morgan fingerprint density at radius 1 is 1.33 bits per heavy atom. The second-order valence-electron chi connectivity index (χ2n) is 7.77. The van der Waals surface area contributed by atoms with Crippen molar-refractivity contribution in [2.75, 3.05) is 26.2 Å². The van der Waals surface area contributed by atoms with E-state index in [0.717, 1.165) is 51.9 Å². The Kier molecular flexibility index (Phi) is 4.35. The summed E-state index contributed by atoms with van der Waals surface area (Å²) < 4.78 is 1.86. The van der Waals surface area contributed by atoms with Crippen LogP contribution < -0.4 is 0 Å². The molecule has 1 aromatic heterocycles. The highest BCUT2D eigenvalue weighted by Gasteiger charge is 2.51. The van der Waals surface area contributed by atoms with Gasteiger partial charge in [0.05, 0.1) is 12.8 Å². The van der Waals surface area contributed by atoms with Crippen LogP contribution in [0.25, 0.3) is 0 Å². The molecule has 132 valence electrons. The average molecular weight is 332 g/mol. The monoisotopic (exact) mass is 332 g/mol. The zero-order valence-electron chi connectivity index (χ0n) is 14.6. The molecule has 24 heavy (non-hydrogen) atoms. The maximum atomic E-state index is 13.0. The predicted molar refractivity (Wildman–Crippen MR) is 89.8 cm³/mol. The summed E-state index contributed by atoms with van der Waals surface area (Å²) in [5.74, 6) is 0.393. The second-order valence-corrected chi connectivity index (χ2v) is 7.77. The van der Waals surface area contributed by atoms with Gasteiger partial charge >= 0.3 is 0 Å². The molecule has 6 heteroatoms. The van der Waals surface area contributed by atoms with Gasteiger partial charge < -0.3 is 0 Å². The van der Waals surface area contributed by atoms with Crippen LogP contribution in [-0.2, 0) is 23.2 Å². The van der Waals surface area contributed by atoms with Gasteiger partial charge in [-0.25, -0.2) is 5.06 Å². The summed E-state index contributed by atoms with van der Waals surface area (Å²) in [6.07, 6.45) is 10.7. The Labute approximate surface area is 143 Å². The fraction of sp³-hybridized carbons (Fsp3) is 0.778. The van der Waals surface area contributed by atoms with Gasteiger partial charge in [-0.1, -0.05) is 6.42 Å². The third-order valence-corrected chi connectivity index (χ3v) is 6.08. The van der Waals surface area contributed by atoms with Gasteiger partial charge in [0.15, 0.2) is 0 Å². The van der Waals surface area contributed by atoms with Crippen LogP contribution in [0.3, 0.4) is 0 Å². The minimum atomic E-state index is 0.148. The Hall–Kier alpha value is -1.40. The second kappa shape index (κ2) is 6.48. The van der Waals surface area contributed by atoms with E-state index in [1.807, 2.05) is 17.9 Å². The van der Waals surface area contributed by atoms with Crippen molar-refractivity contribution in [2.24, 2.45) is 18.4 Å². The molecular weight excluding hydrogens is 304 g/mol.